The minimum Gasteiger partial charge on any atom is -0.394 e. The fourth-order valence-electron chi connectivity index (χ4n) is 1.76. The molecule has 2 rings (SSSR count). The Balaban J connectivity index is 2.26. The van der Waals surface area contributed by atoms with Gasteiger partial charge < -0.3 is 10.4 Å². The maximum atomic E-state index is 13.2. The number of hydrogen-bond donors (Lipinski definition) is 2. The molecule has 0 saturated carbocycles. The second-order valence-corrected chi connectivity index (χ2v) is 4.62. The molecule has 0 saturated heterocycles. The number of nitrogens with one attached hydrogen (secondary N) is 1. The first-order valence-corrected chi connectivity index (χ1v) is 6.16. The van der Waals surface area contributed by atoms with E-state index in [9.17, 15) is 18.3 Å². The predicted molar refractivity (Wildman–Crippen MR) is 71.2 cm³/mol. The largest absolute Gasteiger partial charge is 0.394 e. The third kappa shape index (κ3) is 3.23. The molecule has 0 fully saturated rings. The van der Waals surface area contributed by atoms with Crippen LogP contribution in [-0.4, -0.2) is 11.7 Å². The van der Waals surface area contributed by atoms with E-state index in [1.54, 1.807) is 24.3 Å². The van der Waals surface area contributed by atoms with Crippen molar-refractivity contribution < 1.29 is 18.3 Å². The molecule has 2 aromatic rings. The van der Waals surface area contributed by atoms with Crippen LogP contribution < -0.4 is 5.32 Å². The van der Waals surface area contributed by atoms with Crippen molar-refractivity contribution in [2.24, 2.45) is 0 Å². The van der Waals surface area contributed by atoms with Crippen LogP contribution in [0.2, 0.25) is 5.02 Å². The van der Waals surface area contributed by atoms with Crippen LogP contribution in [0.3, 0.4) is 0 Å². The first-order valence-electron chi connectivity index (χ1n) is 5.78. The van der Waals surface area contributed by atoms with Crippen molar-refractivity contribution in [1.29, 1.82) is 0 Å². The van der Waals surface area contributed by atoms with Crippen molar-refractivity contribution in [2.75, 3.05) is 11.9 Å². The van der Waals surface area contributed by atoms with Gasteiger partial charge in [0, 0.05) is 10.7 Å². The van der Waals surface area contributed by atoms with Gasteiger partial charge in [0.2, 0.25) is 0 Å². The van der Waals surface area contributed by atoms with Crippen molar-refractivity contribution in [3.8, 4) is 0 Å². The summed E-state index contributed by atoms with van der Waals surface area (Å²) in [6, 6.07) is 7.50. The van der Waals surface area contributed by atoms with Crippen LogP contribution in [0.15, 0.2) is 36.4 Å². The molecule has 20 heavy (non-hydrogen) atoms. The number of anilines is 1. The van der Waals surface area contributed by atoms with E-state index in [1.165, 1.54) is 0 Å². The summed E-state index contributed by atoms with van der Waals surface area (Å²) in [5.74, 6) is -4.12. The van der Waals surface area contributed by atoms with Crippen molar-refractivity contribution >= 4 is 17.3 Å². The number of halogens is 4. The Labute approximate surface area is 118 Å². The molecule has 0 aliphatic heterocycles. The lowest BCUT2D eigenvalue weighted by molar-refractivity contribution is 0.275. The monoisotopic (exact) mass is 301 g/mol. The van der Waals surface area contributed by atoms with Crippen LogP contribution in [0.5, 0.6) is 0 Å². The molecule has 6 heteroatoms. The first-order chi connectivity index (χ1) is 9.51. The quantitative estimate of drug-likeness (QED) is 0.839. The number of benzene rings is 2. The zero-order valence-electron chi connectivity index (χ0n) is 10.2. The molecular weight excluding hydrogens is 291 g/mol. The maximum absolute atomic E-state index is 13.2. The van der Waals surface area contributed by atoms with E-state index in [1.807, 2.05) is 0 Å². The molecule has 0 aromatic heterocycles. The summed E-state index contributed by atoms with van der Waals surface area (Å²) >= 11 is 5.74. The highest BCUT2D eigenvalue weighted by Gasteiger charge is 2.16. The van der Waals surface area contributed by atoms with Gasteiger partial charge in [-0.2, -0.15) is 0 Å². The number of hydrogen-bond acceptors (Lipinski definition) is 2. The summed E-state index contributed by atoms with van der Waals surface area (Å²) < 4.78 is 39.3. The summed E-state index contributed by atoms with van der Waals surface area (Å²) in [7, 11) is 0. The Hall–Kier alpha value is -1.72. The molecule has 0 heterocycles. The van der Waals surface area contributed by atoms with Gasteiger partial charge in [-0.25, -0.2) is 13.2 Å². The van der Waals surface area contributed by atoms with Gasteiger partial charge in [0.15, 0.2) is 17.5 Å². The van der Waals surface area contributed by atoms with E-state index < -0.39 is 30.1 Å². The van der Waals surface area contributed by atoms with Crippen LogP contribution in [-0.2, 0) is 0 Å². The van der Waals surface area contributed by atoms with Gasteiger partial charge in [0.1, 0.15) is 0 Å². The second kappa shape index (κ2) is 6.15. The van der Waals surface area contributed by atoms with E-state index in [0.29, 0.717) is 10.7 Å². The molecule has 0 bridgehead atoms. The van der Waals surface area contributed by atoms with E-state index in [4.69, 9.17) is 11.6 Å². The summed E-state index contributed by atoms with van der Waals surface area (Å²) in [5.41, 5.74) is 0.720. The molecule has 1 atom stereocenters. The topological polar surface area (TPSA) is 32.3 Å². The van der Waals surface area contributed by atoms with Gasteiger partial charge in [0.25, 0.3) is 0 Å². The van der Waals surface area contributed by atoms with Gasteiger partial charge >= 0.3 is 0 Å². The molecule has 0 aliphatic rings. The summed E-state index contributed by atoms with van der Waals surface area (Å²) in [6.45, 7) is -0.410. The van der Waals surface area contributed by atoms with Gasteiger partial charge in [0.05, 0.1) is 12.6 Å². The lowest BCUT2D eigenvalue weighted by Gasteiger charge is -2.18. The highest BCUT2D eigenvalue weighted by Crippen LogP contribution is 2.23. The van der Waals surface area contributed by atoms with Crippen molar-refractivity contribution in [3.05, 3.63) is 64.4 Å². The van der Waals surface area contributed by atoms with Gasteiger partial charge in [-0.05, 0) is 42.0 Å². The van der Waals surface area contributed by atoms with Gasteiger partial charge in [-0.3, -0.25) is 0 Å². The Kier molecular flexibility index (Phi) is 4.52. The third-order valence-electron chi connectivity index (χ3n) is 2.78. The lowest BCUT2D eigenvalue weighted by atomic mass is 10.1. The molecule has 2 nitrogen and oxygen atoms in total. The van der Waals surface area contributed by atoms with Crippen LogP contribution in [0, 0.1) is 17.5 Å². The smallest absolute Gasteiger partial charge is 0.194 e. The molecule has 106 valence electrons. The Bertz CT molecular complexity index is 581. The zero-order valence-corrected chi connectivity index (χ0v) is 11.0. The maximum Gasteiger partial charge on any atom is 0.194 e. The summed E-state index contributed by atoms with van der Waals surface area (Å²) in [4.78, 5) is 0. The highest BCUT2D eigenvalue weighted by molar-refractivity contribution is 6.30. The number of rotatable bonds is 4. The second-order valence-electron chi connectivity index (χ2n) is 4.18. The molecule has 2 aromatic carbocycles. The van der Waals surface area contributed by atoms with E-state index in [-0.39, 0.29) is 5.56 Å². The Morgan fingerprint density at radius 3 is 2.10 bits per heavy atom. The number of aliphatic hydroxyl groups excluding tert-OH is 1. The predicted octanol–water partition coefficient (Wildman–Crippen LogP) is 3.90. The molecular formula is C14H11ClF3NO. The molecule has 0 amide bonds. The fraction of sp³-hybridized carbons (Fsp3) is 0.143. The molecule has 0 spiro atoms. The minimum atomic E-state index is -1.53. The van der Waals surface area contributed by atoms with E-state index in [2.05, 4.69) is 5.32 Å². The third-order valence-corrected chi connectivity index (χ3v) is 3.03. The van der Waals surface area contributed by atoms with Crippen molar-refractivity contribution in [1.82, 2.24) is 0 Å². The van der Waals surface area contributed by atoms with Crippen molar-refractivity contribution in [3.63, 3.8) is 0 Å². The van der Waals surface area contributed by atoms with Gasteiger partial charge in [-0.1, -0.05) is 11.6 Å². The molecule has 2 N–H and O–H groups in total. The van der Waals surface area contributed by atoms with E-state index in [0.717, 1.165) is 12.1 Å². The van der Waals surface area contributed by atoms with Crippen LogP contribution in [0.25, 0.3) is 0 Å². The average Bonchev–Trinajstić information content (AvgIpc) is 2.43. The molecule has 0 radical (unpaired) electrons. The minimum absolute atomic E-state index is 0.110. The number of aliphatic hydroxyl groups is 1. The Morgan fingerprint density at radius 1 is 1.05 bits per heavy atom. The van der Waals surface area contributed by atoms with Crippen LogP contribution in [0.1, 0.15) is 11.6 Å². The van der Waals surface area contributed by atoms with Gasteiger partial charge in [-0.15, -0.1) is 0 Å². The lowest BCUT2D eigenvalue weighted by Crippen LogP contribution is -2.15. The van der Waals surface area contributed by atoms with Crippen LogP contribution >= 0.6 is 11.6 Å². The van der Waals surface area contributed by atoms with Crippen molar-refractivity contribution in [2.45, 2.75) is 6.04 Å². The first kappa shape index (κ1) is 14.7. The molecule has 1 unspecified atom stereocenters. The average molecular weight is 302 g/mol. The normalized spacial score (nSPS) is 12.2. The summed E-state index contributed by atoms with van der Waals surface area (Å²) in [5, 5.41) is 12.7. The molecule has 0 aliphatic carbocycles. The SMILES string of the molecule is OCC(Nc1ccc(Cl)cc1)c1cc(F)c(F)c(F)c1. The van der Waals surface area contributed by atoms with Crippen LogP contribution in [0.4, 0.5) is 18.9 Å². The standard InChI is InChI=1S/C14H11ClF3NO/c15-9-1-3-10(4-2-9)19-13(7-20)8-5-11(16)14(18)12(17)6-8/h1-6,13,19-20H,7H2. The van der Waals surface area contributed by atoms with E-state index >= 15 is 0 Å². The Morgan fingerprint density at radius 2 is 1.60 bits per heavy atom. The fourth-order valence-corrected chi connectivity index (χ4v) is 1.88. The highest BCUT2D eigenvalue weighted by atomic mass is 35.5. The summed E-state index contributed by atoms with van der Waals surface area (Å²) in [6.07, 6.45) is 0. The zero-order chi connectivity index (χ0) is 14.7.